The molecule has 0 radical (unpaired) electrons. The molecule has 0 amide bonds. The third-order valence-electron chi connectivity index (χ3n) is 2.84. The summed E-state index contributed by atoms with van der Waals surface area (Å²) in [5, 5.41) is 9.00. The van der Waals surface area contributed by atoms with Crippen molar-refractivity contribution in [1.29, 1.82) is 0 Å². The lowest BCUT2D eigenvalue weighted by molar-refractivity contribution is 0.168. The molecule has 114 valence electrons. The van der Waals surface area contributed by atoms with Gasteiger partial charge in [-0.25, -0.2) is 8.42 Å². The molecule has 0 aromatic heterocycles. The summed E-state index contributed by atoms with van der Waals surface area (Å²) in [7, 11) is -2.10. The summed E-state index contributed by atoms with van der Waals surface area (Å²) in [5.41, 5.74) is 0.990. The molecule has 1 N–H and O–H groups in total. The first kappa shape index (κ1) is 17.4. The van der Waals surface area contributed by atoms with Crippen LogP contribution in [0.4, 0.5) is 0 Å². The molecule has 0 saturated carbocycles. The van der Waals surface area contributed by atoms with Crippen molar-refractivity contribution in [3.8, 4) is 0 Å². The van der Waals surface area contributed by atoms with Gasteiger partial charge in [0.05, 0.1) is 18.1 Å². The number of sulfonamides is 1. The molecule has 1 rings (SSSR count). The van der Waals surface area contributed by atoms with Crippen LogP contribution in [-0.2, 0) is 21.2 Å². The van der Waals surface area contributed by atoms with Gasteiger partial charge in [0.1, 0.15) is 0 Å². The van der Waals surface area contributed by atoms with E-state index < -0.39 is 10.0 Å². The number of halogens is 1. The van der Waals surface area contributed by atoms with Gasteiger partial charge in [-0.05, 0) is 24.1 Å². The Morgan fingerprint density at radius 1 is 1.25 bits per heavy atom. The first-order chi connectivity index (χ1) is 9.56. The molecular formula is C13H20ClNO4S. The minimum absolute atomic E-state index is 0.0507. The van der Waals surface area contributed by atoms with Gasteiger partial charge in [0.2, 0.25) is 10.0 Å². The summed E-state index contributed by atoms with van der Waals surface area (Å²) in [6.07, 6.45) is 0.700. The van der Waals surface area contributed by atoms with E-state index in [-0.39, 0.29) is 31.2 Å². The van der Waals surface area contributed by atoms with Gasteiger partial charge in [-0.2, -0.15) is 4.31 Å². The van der Waals surface area contributed by atoms with Crippen molar-refractivity contribution in [2.24, 2.45) is 0 Å². The van der Waals surface area contributed by atoms with Crippen LogP contribution in [0.15, 0.2) is 29.2 Å². The van der Waals surface area contributed by atoms with Crippen molar-refractivity contribution in [1.82, 2.24) is 4.31 Å². The number of aliphatic hydroxyl groups excluding tert-OH is 1. The zero-order valence-corrected chi connectivity index (χ0v) is 13.0. The minimum Gasteiger partial charge on any atom is -0.395 e. The Balaban J connectivity index is 2.93. The van der Waals surface area contributed by atoms with Crippen molar-refractivity contribution in [3.63, 3.8) is 0 Å². The van der Waals surface area contributed by atoms with E-state index in [0.29, 0.717) is 12.3 Å². The SMILES string of the molecule is COCCN(CCO)S(=O)(=O)c1ccc(CCCl)cc1. The third kappa shape index (κ3) is 4.71. The van der Waals surface area contributed by atoms with Crippen molar-refractivity contribution >= 4 is 21.6 Å². The first-order valence-electron chi connectivity index (χ1n) is 6.31. The quantitative estimate of drug-likeness (QED) is 0.692. The zero-order valence-electron chi connectivity index (χ0n) is 11.5. The second-order valence-corrected chi connectivity index (χ2v) is 6.52. The molecule has 5 nitrogen and oxygen atoms in total. The summed E-state index contributed by atoms with van der Waals surface area (Å²) < 4.78 is 31.0. The molecule has 7 heteroatoms. The van der Waals surface area contributed by atoms with Crippen LogP contribution in [0.3, 0.4) is 0 Å². The second kappa shape index (κ2) is 8.59. The predicted molar refractivity (Wildman–Crippen MR) is 78.6 cm³/mol. The predicted octanol–water partition coefficient (Wildman–Crippen LogP) is 1.10. The van der Waals surface area contributed by atoms with E-state index in [1.807, 2.05) is 0 Å². The highest BCUT2D eigenvalue weighted by Gasteiger charge is 2.23. The molecule has 0 heterocycles. The van der Waals surface area contributed by atoms with Crippen molar-refractivity contribution in [3.05, 3.63) is 29.8 Å². The van der Waals surface area contributed by atoms with Crippen molar-refractivity contribution < 1.29 is 18.3 Å². The molecule has 0 atom stereocenters. The fraction of sp³-hybridized carbons (Fsp3) is 0.538. The molecule has 0 saturated heterocycles. The Kier molecular flexibility index (Phi) is 7.47. The summed E-state index contributed by atoms with van der Waals surface area (Å²) >= 11 is 5.65. The molecule has 20 heavy (non-hydrogen) atoms. The van der Waals surface area contributed by atoms with E-state index in [0.717, 1.165) is 5.56 Å². The van der Waals surface area contributed by atoms with Crippen LogP contribution in [0.2, 0.25) is 0 Å². The molecule has 0 aliphatic heterocycles. The average Bonchev–Trinajstić information content (AvgIpc) is 2.44. The second-order valence-electron chi connectivity index (χ2n) is 4.20. The van der Waals surface area contributed by atoms with Gasteiger partial charge >= 0.3 is 0 Å². The van der Waals surface area contributed by atoms with Crippen LogP contribution in [0.1, 0.15) is 5.56 Å². The Hall–Kier alpha value is -0.660. The van der Waals surface area contributed by atoms with Crippen molar-refractivity contribution in [2.45, 2.75) is 11.3 Å². The van der Waals surface area contributed by atoms with Crippen LogP contribution in [-0.4, -0.2) is 57.1 Å². The highest BCUT2D eigenvalue weighted by atomic mass is 35.5. The normalized spacial score (nSPS) is 12.0. The van der Waals surface area contributed by atoms with Gasteiger partial charge in [-0.1, -0.05) is 12.1 Å². The average molecular weight is 322 g/mol. The Bertz CT molecular complexity index is 490. The Morgan fingerprint density at radius 2 is 1.90 bits per heavy atom. The van der Waals surface area contributed by atoms with E-state index in [9.17, 15) is 8.42 Å². The number of methoxy groups -OCH3 is 1. The maximum absolute atomic E-state index is 12.4. The van der Waals surface area contributed by atoms with Gasteiger partial charge in [-0.15, -0.1) is 11.6 Å². The largest absolute Gasteiger partial charge is 0.395 e. The molecule has 0 bridgehead atoms. The molecule has 0 aliphatic rings. The molecule has 1 aromatic carbocycles. The summed E-state index contributed by atoms with van der Waals surface area (Å²) in [5.74, 6) is 0.497. The van der Waals surface area contributed by atoms with Gasteiger partial charge in [0.15, 0.2) is 0 Å². The van der Waals surface area contributed by atoms with Gasteiger partial charge in [0.25, 0.3) is 0 Å². The summed E-state index contributed by atoms with van der Waals surface area (Å²) in [4.78, 5) is 0.209. The molecule has 0 aliphatic carbocycles. The molecule has 0 unspecified atom stereocenters. The number of benzene rings is 1. The number of hydrogen-bond donors (Lipinski definition) is 1. The Labute approximate surface area is 125 Å². The monoisotopic (exact) mass is 321 g/mol. The smallest absolute Gasteiger partial charge is 0.243 e. The fourth-order valence-corrected chi connectivity index (χ4v) is 3.38. The number of ether oxygens (including phenoxy) is 1. The lowest BCUT2D eigenvalue weighted by Crippen LogP contribution is -2.36. The van der Waals surface area contributed by atoms with E-state index >= 15 is 0 Å². The van der Waals surface area contributed by atoms with E-state index in [4.69, 9.17) is 21.4 Å². The Morgan fingerprint density at radius 3 is 2.40 bits per heavy atom. The number of aliphatic hydroxyl groups is 1. The summed E-state index contributed by atoms with van der Waals surface area (Å²) in [6.45, 7) is 0.314. The van der Waals surface area contributed by atoms with Crippen molar-refractivity contribution in [2.75, 3.05) is 39.3 Å². The minimum atomic E-state index is -3.61. The van der Waals surface area contributed by atoms with Crippen LogP contribution < -0.4 is 0 Å². The van der Waals surface area contributed by atoms with Gasteiger partial charge < -0.3 is 9.84 Å². The summed E-state index contributed by atoms with van der Waals surface area (Å²) in [6, 6.07) is 6.63. The van der Waals surface area contributed by atoms with Crippen LogP contribution in [0.25, 0.3) is 0 Å². The fourth-order valence-electron chi connectivity index (χ4n) is 1.74. The van der Waals surface area contributed by atoms with E-state index in [2.05, 4.69) is 0 Å². The van der Waals surface area contributed by atoms with Crippen LogP contribution >= 0.6 is 11.6 Å². The highest BCUT2D eigenvalue weighted by Crippen LogP contribution is 2.16. The lowest BCUT2D eigenvalue weighted by atomic mass is 10.2. The number of nitrogens with zero attached hydrogens (tertiary/aromatic N) is 1. The molecule has 0 fully saturated rings. The third-order valence-corrected chi connectivity index (χ3v) is 4.94. The first-order valence-corrected chi connectivity index (χ1v) is 8.28. The van der Waals surface area contributed by atoms with Gasteiger partial charge in [0, 0.05) is 26.1 Å². The zero-order chi connectivity index (χ0) is 15.0. The molecule has 1 aromatic rings. The number of hydrogen-bond acceptors (Lipinski definition) is 4. The van der Waals surface area contributed by atoms with E-state index in [1.165, 1.54) is 11.4 Å². The maximum Gasteiger partial charge on any atom is 0.243 e. The number of aryl methyl sites for hydroxylation is 1. The van der Waals surface area contributed by atoms with E-state index in [1.54, 1.807) is 24.3 Å². The standard InChI is InChI=1S/C13H20ClNO4S/c1-19-11-9-15(8-10-16)20(17,18)13-4-2-12(3-5-13)6-7-14/h2-5,16H,6-11H2,1H3. The maximum atomic E-state index is 12.4. The number of rotatable bonds is 9. The molecule has 0 spiro atoms. The highest BCUT2D eigenvalue weighted by molar-refractivity contribution is 7.89. The topological polar surface area (TPSA) is 66.8 Å². The van der Waals surface area contributed by atoms with Crippen LogP contribution in [0.5, 0.6) is 0 Å². The molecular weight excluding hydrogens is 302 g/mol. The lowest BCUT2D eigenvalue weighted by Gasteiger charge is -2.21. The van der Waals surface area contributed by atoms with Crippen LogP contribution in [0, 0.1) is 0 Å². The number of alkyl halides is 1. The van der Waals surface area contributed by atoms with Gasteiger partial charge in [-0.3, -0.25) is 0 Å².